The summed E-state index contributed by atoms with van der Waals surface area (Å²) in [7, 11) is 0. The lowest BCUT2D eigenvalue weighted by atomic mass is 9.58. The Morgan fingerprint density at radius 3 is 1.41 bits per heavy atom. The number of carbonyl (C=O) groups is 2. The van der Waals surface area contributed by atoms with Gasteiger partial charge in [0.05, 0.1) is 12.8 Å². The van der Waals surface area contributed by atoms with Crippen molar-refractivity contribution in [3.8, 4) is 0 Å². The van der Waals surface area contributed by atoms with E-state index < -0.39 is 59.9 Å². The van der Waals surface area contributed by atoms with Gasteiger partial charge in [0.2, 0.25) is 24.2 Å². The van der Waals surface area contributed by atoms with Crippen LogP contribution in [0.3, 0.4) is 0 Å². The highest BCUT2D eigenvalue weighted by atomic mass is 17.3. The van der Waals surface area contributed by atoms with Crippen LogP contribution in [0, 0.1) is 47.3 Å². The summed E-state index contributed by atoms with van der Waals surface area (Å²) >= 11 is 0. The Morgan fingerprint density at radius 2 is 1.00 bits per heavy atom. The van der Waals surface area contributed by atoms with Crippen molar-refractivity contribution in [1.82, 2.24) is 0 Å². The van der Waals surface area contributed by atoms with Crippen LogP contribution < -0.4 is 0 Å². The molecule has 0 N–H and O–H groups in total. The number of fused-ring (bicyclic) bond motifs is 4. The molecule has 2 spiro atoms. The van der Waals surface area contributed by atoms with Crippen LogP contribution in [0.5, 0.6) is 0 Å². The highest BCUT2D eigenvalue weighted by Crippen LogP contribution is 2.62. The molecule has 8 heterocycles. The van der Waals surface area contributed by atoms with Crippen molar-refractivity contribution in [2.24, 2.45) is 47.3 Å². The molecule has 0 aromatic carbocycles. The van der Waals surface area contributed by atoms with E-state index in [1.54, 1.807) is 0 Å². The molecule has 0 aromatic rings. The second kappa shape index (κ2) is 11.1. The molecule has 0 amide bonds. The van der Waals surface area contributed by atoms with Gasteiger partial charge in [-0.25, -0.2) is 19.6 Å². The third-order valence-electron chi connectivity index (χ3n) is 13.2. The van der Waals surface area contributed by atoms with E-state index in [4.69, 9.17) is 48.0 Å². The largest absolute Gasteiger partial charge is 0.435 e. The Hall–Kier alpha value is -1.38. The topological polar surface area (TPSA) is 126 Å². The lowest BCUT2D eigenvalue weighted by Crippen LogP contribution is -2.70. The van der Waals surface area contributed by atoms with Crippen LogP contribution in [0.1, 0.15) is 106 Å². The Kier molecular flexibility index (Phi) is 7.66. The molecule has 0 unspecified atom stereocenters. The summed E-state index contributed by atoms with van der Waals surface area (Å²) in [5.41, 5.74) is -1.47. The summed E-state index contributed by atoms with van der Waals surface area (Å²) in [5, 5.41) is 0. The first-order valence-electron chi connectivity index (χ1n) is 17.7. The maximum Gasteiger partial charge on any atom is 0.308 e. The normalized spacial score (nSPS) is 55.3. The SMILES string of the molecule is C[C@H]1[C@@H](OC(=O)CCC(=O)O[C@@H]2O[C@@H]3O[C@@]4(C)CC[C@H]5[C@H](C)CC[C@H]([C@H]2C)[C@@]35OO4)O[C@@H]2O[C@@]3(C)CC[C@@H]4[C@H](C)CC[C@H]1[C@@]24OO3. The molecule has 4 bridgehead atoms. The fourth-order valence-electron chi connectivity index (χ4n) is 10.6. The molecule has 0 radical (unpaired) electrons. The minimum Gasteiger partial charge on any atom is -0.435 e. The Bertz CT molecular complexity index is 1140. The highest BCUT2D eigenvalue weighted by molar-refractivity contribution is 5.77. The summed E-state index contributed by atoms with van der Waals surface area (Å²) in [6.45, 7) is 12.3. The quantitative estimate of drug-likeness (QED) is 0.284. The van der Waals surface area contributed by atoms with E-state index in [9.17, 15) is 9.59 Å². The zero-order valence-electron chi connectivity index (χ0n) is 27.9. The van der Waals surface area contributed by atoms with Gasteiger partial charge in [0, 0.05) is 36.5 Å². The van der Waals surface area contributed by atoms with E-state index in [0.717, 1.165) is 38.5 Å². The van der Waals surface area contributed by atoms with Gasteiger partial charge in [-0.1, -0.05) is 27.7 Å². The van der Waals surface area contributed by atoms with Crippen molar-refractivity contribution in [2.45, 2.75) is 154 Å². The lowest BCUT2D eigenvalue weighted by molar-refractivity contribution is -0.576. The van der Waals surface area contributed by atoms with E-state index in [-0.39, 0.29) is 48.3 Å². The first-order chi connectivity index (χ1) is 21.9. The third-order valence-corrected chi connectivity index (χ3v) is 13.2. The summed E-state index contributed by atoms with van der Waals surface area (Å²) in [5.74, 6) is -1.81. The molecule has 258 valence electrons. The zero-order chi connectivity index (χ0) is 32.2. The molecule has 10 rings (SSSR count). The molecule has 16 atom stereocenters. The summed E-state index contributed by atoms with van der Waals surface area (Å²) in [6, 6.07) is 0. The van der Waals surface area contributed by atoms with Crippen LogP contribution in [0.25, 0.3) is 0 Å². The number of hydrogen-bond donors (Lipinski definition) is 0. The van der Waals surface area contributed by atoms with Gasteiger partial charge < -0.3 is 28.4 Å². The summed E-state index contributed by atoms with van der Waals surface area (Å²) < 4.78 is 37.2. The van der Waals surface area contributed by atoms with Gasteiger partial charge in [-0.05, 0) is 76.0 Å². The Balaban J connectivity index is 0.902. The van der Waals surface area contributed by atoms with E-state index in [0.29, 0.717) is 24.7 Å². The summed E-state index contributed by atoms with van der Waals surface area (Å²) in [6.07, 6.45) is 3.78. The van der Waals surface area contributed by atoms with Gasteiger partial charge in [-0.15, -0.1) is 0 Å². The highest BCUT2D eigenvalue weighted by Gasteiger charge is 2.71. The van der Waals surface area contributed by atoms with Crippen molar-refractivity contribution in [1.29, 1.82) is 0 Å². The minimum absolute atomic E-state index is 0.0339. The second-order valence-corrected chi connectivity index (χ2v) is 16.0. The van der Waals surface area contributed by atoms with Crippen molar-refractivity contribution in [2.75, 3.05) is 0 Å². The number of carbonyl (C=O) groups excluding carboxylic acids is 2. The van der Waals surface area contributed by atoms with Crippen LogP contribution in [0.15, 0.2) is 0 Å². The third kappa shape index (κ3) is 4.68. The van der Waals surface area contributed by atoms with Crippen molar-refractivity contribution < 1.29 is 57.6 Å². The van der Waals surface area contributed by atoms with E-state index in [1.165, 1.54) is 0 Å². The first kappa shape index (κ1) is 31.9. The molecule has 0 aromatic heterocycles. The molecule has 8 saturated heterocycles. The fourth-order valence-corrected chi connectivity index (χ4v) is 10.6. The van der Waals surface area contributed by atoms with Crippen LogP contribution >= 0.6 is 0 Å². The minimum atomic E-state index is -0.913. The molecule has 2 aliphatic carbocycles. The maximum absolute atomic E-state index is 13.1. The average molecular weight is 651 g/mol. The predicted molar refractivity (Wildman–Crippen MR) is 155 cm³/mol. The van der Waals surface area contributed by atoms with Crippen molar-refractivity contribution >= 4 is 11.9 Å². The fraction of sp³-hybridized carbons (Fsp3) is 0.941. The maximum atomic E-state index is 13.1. The van der Waals surface area contributed by atoms with Crippen LogP contribution in [-0.4, -0.2) is 59.9 Å². The van der Waals surface area contributed by atoms with E-state index in [1.807, 2.05) is 27.7 Å². The van der Waals surface area contributed by atoms with Crippen LogP contribution in [0.2, 0.25) is 0 Å². The second-order valence-electron chi connectivity index (χ2n) is 16.0. The molecule has 12 heteroatoms. The zero-order valence-corrected chi connectivity index (χ0v) is 27.9. The smallest absolute Gasteiger partial charge is 0.308 e. The number of rotatable bonds is 5. The molecular formula is C34H50O12. The number of esters is 2. The van der Waals surface area contributed by atoms with E-state index >= 15 is 0 Å². The molecule has 10 fully saturated rings. The van der Waals surface area contributed by atoms with Gasteiger partial charge in [0.15, 0.2) is 23.8 Å². The van der Waals surface area contributed by atoms with Crippen molar-refractivity contribution in [3.63, 3.8) is 0 Å². The van der Waals surface area contributed by atoms with Gasteiger partial charge in [-0.2, -0.15) is 0 Å². The standard InChI is InChI=1S/C34H50O12/c1-17-7-9-23-19(3)27(39-29-33(23)21(17)13-15-31(5,41-29)43-45-33)37-25(35)11-12-26(36)38-28-20(4)24-10-8-18(2)22-14-16-32(6)42-30(40-28)34(22,24)46-44-32/h17-24,27-30H,7-16H2,1-6H3/t17-,18-,19-,20-,21-,22+,23-,24-,27+,28-,29-,30-,31-,32-,33-,34-/m1/s1. The molecule has 46 heavy (non-hydrogen) atoms. The summed E-state index contributed by atoms with van der Waals surface area (Å²) in [4.78, 5) is 50.3. The van der Waals surface area contributed by atoms with E-state index in [2.05, 4.69) is 13.8 Å². The molecule has 8 aliphatic heterocycles. The van der Waals surface area contributed by atoms with Crippen molar-refractivity contribution in [3.05, 3.63) is 0 Å². The molecular weight excluding hydrogens is 600 g/mol. The average Bonchev–Trinajstić information content (AvgIpc) is 3.39. The Morgan fingerprint density at radius 1 is 0.587 bits per heavy atom. The van der Waals surface area contributed by atoms with Crippen LogP contribution in [-0.2, 0) is 57.6 Å². The number of ether oxygens (including phenoxy) is 6. The van der Waals surface area contributed by atoms with Crippen LogP contribution in [0.4, 0.5) is 0 Å². The monoisotopic (exact) mass is 650 g/mol. The Labute approximate surface area is 270 Å². The van der Waals surface area contributed by atoms with Gasteiger partial charge in [-0.3, -0.25) is 9.59 Å². The molecule has 2 saturated carbocycles. The predicted octanol–water partition coefficient (Wildman–Crippen LogP) is 5.27. The van der Waals surface area contributed by atoms with Gasteiger partial charge in [0.25, 0.3) is 0 Å². The lowest BCUT2D eigenvalue weighted by Gasteiger charge is -2.60. The number of hydrogen-bond acceptors (Lipinski definition) is 12. The van der Waals surface area contributed by atoms with Gasteiger partial charge >= 0.3 is 11.9 Å². The molecule has 12 nitrogen and oxygen atoms in total. The molecule has 10 aliphatic rings. The first-order valence-corrected chi connectivity index (χ1v) is 17.7. The van der Waals surface area contributed by atoms with Gasteiger partial charge in [0.1, 0.15) is 0 Å².